The summed E-state index contributed by atoms with van der Waals surface area (Å²) in [5.74, 6) is 0.879. The average molecular weight is 241 g/mol. The van der Waals surface area contributed by atoms with Gasteiger partial charge in [-0.2, -0.15) is 0 Å². The van der Waals surface area contributed by atoms with E-state index in [4.69, 9.17) is 4.74 Å². The lowest BCUT2D eigenvalue weighted by molar-refractivity contribution is 0.415. The van der Waals surface area contributed by atoms with Crippen LogP contribution in [-0.4, -0.2) is 12.1 Å². The summed E-state index contributed by atoms with van der Waals surface area (Å²) >= 11 is 1.67. The number of hydrogen-bond acceptors (Lipinski definition) is 3. The maximum absolute atomic E-state index is 5.26. The van der Waals surface area contributed by atoms with Gasteiger partial charge in [0.25, 0.3) is 0 Å². The molecule has 0 radical (unpaired) electrons. The van der Waals surface area contributed by atoms with Crippen molar-refractivity contribution in [1.29, 1.82) is 0 Å². The highest BCUT2D eigenvalue weighted by molar-refractivity contribution is 7.17. The van der Waals surface area contributed by atoms with Crippen LogP contribution in [0.2, 0.25) is 0 Å². The number of nitrogens with zero attached hydrogens (tertiary/aromatic N) is 1. The smallest absolute Gasteiger partial charge is 0.119 e. The van der Waals surface area contributed by atoms with E-state index in [1.807, 2.05) is 29.8 Å². The molecule has 0 amide bonds. The Labute approximate surface area is 104 Å². The van der Waals surface area contributed by atoms with Crippen molar-refractivity contribution in [1.82, 2.24) is 4.98 Å². The summed E-state index contributed by atoms with van der Waals surface area (Å²) < 4.78 is 6.48. The van der Waals surface area contributed by atoms with Crippen molar-refractivity contribution in [2.45, 2.75) is 0 Å². The van der Waals surface area contributed by atoms with Gasteiger partial charge in [-0.3, -0.25) is 0 Å². The van der Waals surface area contributed by atoms with Crippen LogP contribution >= 0.6 is 11.3 Å². The second-order valence-corrected chi connectivity index (χ2v) is 4.59. The zero-order valence-corrected chi connectivity index (χ0v) is 10.2. The molecule has 0 aliphatic rings. The van der Waals surface area contributed by atoms with Crippen molar-refractivity contribution in [3.05, 3.63) is 48.0 Å². The molecule has 0 bridgehead atoms. The second kappa shape index (κ2) is 4.18. The van der Waals surface area contributed by atoms with E-state index in [9.17, 15) is 0 Å². The van der Waals surface area contributed by atoms with Crippen LogP contribution < -0.4 is 4.74 Å². The van der Waals surface area contributed by atoms with Gasteiger partial charge in [0.2, 0.25) is 0 Å². The number of fused-ring (bicyclic) bond motifs is 1. The Kier molecular flexibility index (Phi) is 2.53. The molecule has 0 saturated carbocycles. The maximum atomic E-state index is 5.26. The molecule has 1 heterocycles. The predicted octanol–water partition coefficient (Wildman–Crippen LogP) is 3.97. The number of hydrogen-bond donors (Lipinski definition) is 0. The molecule has 2 nitrogen and oxygen atoms in total. The van der Waals surface area contributed by atoms with Gasteiger partial charge in [0.1, 0.15) is 5.75 Å². The molecular weight excluding hydrogens is 230 g/mol. The van der Waals surface area contributed by atoms with Crippen LogP contribution in [0.4, 0.5) is 0 Å². The summed E-state index contributed by atoms with van der Waals surface area (Å²) in [5.41, 5.74) is 5.31. The highest BCUT2D eigenvalue weighted by Crippen LogP contribution is 2.32. The third-order valence-corrected chi connectivity index (χ3v) is 3.61. The number of methoxy groups -OCH3 is 1. The predicted molar refractivity (Wildman–Crippen MR) is 71.6 cm³/mol. The number of benzene rings is 2. The first kappa shape index (κ1) is 10.3. The summed E-state index contributed by atoms with van der Waals surface area (Å²) in [6, 6.07) is 14.3. The molecule has 0 unspecified atom stereocenters. The first-order chi connectivity index (χ1) is 8.38. The highest BCUT2D eigenvalue weighted by Gasteiger charge is 2.06. The SMILES string of the molecule is COc1cccc(-c2cccc3ncsc23)c1. The van der Waals surface area contributed by atoms with Gasteiger partial charge in [0, 0.05) is 5.56 Å². The second-order valence-electron chi connectivity index (χ2n) is 3.74. The van der Waals surface area contributed by atoms with Crippen LogP contribution in [0.5, 0.6) is 5.75 Å². The third kappa shape index (κ3) is 1.78. The van der Waals surface area contributed by atoms with E-state index in [-0.39, 0.29) is 0 Å². The van der Waals surface area contributed by atoms with Crippen LogP contribution in [0.3, 0.4) is 0 Å². The Balaban J connectivity index is 2.23. The molecule has 0 N–H and O–H groups in total. The summed E-state index contributed by atoms with van der Waals surface area (Å²) in [6.07, 6.45) is 0. The highest BCUT2D eigenvalue weighted by atomic mass is 32.1. The summed E-state index contributed by atoms with van der Waals surface area (Å²) in [4.78, 5) is 4.33. The lowest BCUT2D eigenvalue weighted by atomic mass is 10.1. The maximum Gasteiger partial charge on any atom is 0.119 e. The zero-order chi connectivity index (χ0) is 11.7. The van der Waals surface area contributed by atoms with E-state index in [1.54, 1.807) is 18.4 Å². The van der Waals surface area contributed by atoms with Gasteiger partial charge < -0.3 is 4.74 Å². The molecule has 3 rings (SSSR count). The molecular formula is C14H11NOS. The number of thiazole rings is 1. The monoisotopic (exact) mass is 241 g/mol. The zero-order valence-electron chi connectivity index (χ0n) is 9.38. The van der Waals surface area contributed by atoms with E-state index >= 15 is 0 Å². The molecule has 3 aromatic rings. The summed E-state index contributed by atoms with van der Waals surface area (Å²) in [6.45, 7) is 0. The first-order valence-corrected chi connectivity index (χ1v) is 6.23. The lowest BCUT2D eigenvalue weighted by Gasteiger charge is -2.05. The minimum Gasteiger partial charge on any atom is -0.497 e. The van der Waals surface area contributed by atoms with Crippen molar-refractivity contribution >= 4 is 21.6 Å². The quantitative estimate of drug-likeness (QED) is 0.677. The molecule has 17 heavy (non-hydrogen) atoms. The molecule has 0 aliphatic carbocycles. The molecule has 84 valence electrons. The molecule has 0 fully saturated rings. The molecule has 0 saturated heterocycles. The Morgan fingerprint density at radius 3 is 2.88 bits per heavy atom. The van der Waals surface area contributed by atoms with Crippen molar-refractivity contribution in [3.63, 3.8) is 0 Å². The van der Waals surface area contributed by atoms with Crippen molar-refractivity contribution in [2.75, 3.05) is 7.11 Å². The summed E-state index contributed by atoms with van der Waals surface area (Å²) in [7, 11) is 1.69. The van der Waals surface area contributed by atoms with Gasteiger partial charge >= 0.3 is 0 Å². The van der Waals surface area contributed by atoms with Crippen LogP contribution in [0.15, 0.2) is 48.0 Å². The molecule has 3 heteroatoms. The van der Waals surface area contributed by atoms with Crippen LogP contribution in [0.1, 0.15) is 0 Å². The lowest BCUT2D eigenvalue weighted by Crippen LogP contribution is -1.83. The van der Waals surface area contributed by atoms with E-state index in [0.717, 1.165) is 11.3 Å². The molecule has 1 aromatic heterocycles. The molecule has 0 spiro atoms. The fourth-order valence-corrected chi connectivity index (χ4v) is 2.73. The van der Waals surface area contributed by atoms with E-state index in [2.05, 4.69) is 23.2 Å². The third-order valence-electron chi connectivity index (χ3n) is 2.74. The van der Waals surface area contributed by atoms with Gasteiger partial charge in [0.15, 0.2) is 0 Å². The molecule has 0 aliphatic heterocycles. The first-order valence-electron chi connectivity index (χ1n) is 5.35. The molecule has 0 atom stereocenters. The minimum absolute atomic E-state index is 0.879. The normalized spacial score (nSPS) is 10.6. The number of ether oxygens (including phenoxy) is 1. The van der Waals surface area contributed by atoms with E-state index in [0.29, 0.717) is 0 Å². The van der Waals surface area contributed by atoms with Crippen LogP contribution in [0.25, 0.3) is 21.3 Å². The van der Waals surface area contributed by atoms with Crippen molar-refractivity contribution in [2.24, 2.45) is 0 Å². The topological polar surface area (TPSA) is 22.1 Å². The fraction of sp³-hybridized carbons (Fsp3) is 0.0714. The number of rotatable bonds is 2. The van der Waals surface area contributed by atoms with Crippen LogP contribution in [0, 0.1) is 0 Å². The van der Waals surface area contributed by atoms with Gasteiger partial charge in [-0.05, 0) is 23.8 Å². The standard InChI is InChI=1S/C14H11NOS/c1-16-11-5-2-4-10(8-11)12-6-3-7-13-14(12)17-9-15-13/h2-9H,1H3. The van der Waals surface area contributed by atoms with Crippen molar-refractivity contribution in [3.8, 4) is 16.9 Å². The van der Waals surface area contributed by atoms with Gasteiger partial charge in [-0.25, -0.2) is 4.98 Å². The molecule has 2 aromatic carbocycles. The minimum atomic E-state index is 0.879. The van der Waals surface area contributed by atoms with Crippen LogP contribution in [-0.2, 0) is 0 Å². The largest absolute Gasteiger partial charge is 0.497 e. The Morgan fingerprint density at radius 1 is 1.12 bits per heavy atom. The fourth-order valence-electron chi connectivity index (χ4n) is 1.90. The Bertz CT molecular complexity index is 660. The van der Waals surface area contributed by atoms with Gasteiger partial charge in [-0.1, -0.05) is 24.3 Å². The number of aromatic nitrogens is 1. The Morgan fingerprint density at radius 2 is 2.00 bits per heavy atom. The van der Waals surface area contributed by atoms with E-state index in [1.165, 1.54) is 15.8 Å². The van der Waals surface area contributed by atoms with Gasteiger partial charge in [0.05, 0.1) is 22.8 Å². The Hall–Kier alpha value is -1.87. The van der Waals surface area contributed by atoms with Crippen molar-refractivity contribution < 1.29 is 4.74 Å². The van der Waals surface area contributed by atoms with E-state index < -0.39 is 0 Å². The summed E-state index contributed by atoms with van der Waals surface area (Å²) in [5, 5.41) is 0. The van der Waals surface area contributed by atoms with Gasteiger partial charge in [-0.15, -0.1) is 11.3 Å². The average Bonchev–Trinajstić information content (AvgIpc) is 2.87.